The molecule has 1 unspecified atom stereocenters. The quantitative estimate of drug-likeness (QED) is 0.603. The summed E-state index contributed by atoms with van der Waals surface area (Å²) in [6, 6.07) is 9.30. The number of hydrogen-bond acceptors (Lipinski definition) is 3. The molecule has 3 rings (SSSR count). The van der Waals surface area contributed by atoms with Gasteiger partial charge in [-0.15, -0.1) is 11.3 Å². The predicted octanol–water partition coefficient (Wildman–Crippen LogP) is 6.15. The van der Waals surface area contributed by atoms with E-state index in [0.29, 0.717) is 13.7 Å². The molecule has 0 aliphatic carbocycles. The first-order valence-corrected chi connectivity index (χ1v) is 8.40. The van der Waals surface area contributed by atoms with Gasteiger partial charge in [0.15, 0.2) is 0 Å². The van der Waals surface area contributed by atoms with Crippen LogP contribution in [0.2, 0.25) is 13.7 Å². The number of furan rings is 1. The fourth-order valence-electron chi connectivity index (χ4n) is 2.29. The van der Waals surface area contributed by atoms with E-state index < -0.39 is 0 Å². The van der Waals surface area contributed by atoms with Gasteiger partial charge in [0.1, 0.15) is 11.3 Å². The minimum absolute atomic E-state index is 0.127. The minimum atomic E-state index is -0.127. The van der Waals surface area contributed by atoms with Gasteiger partial charge in [-0.1, -0.05) is 41.7 Å². The molecular weight excluding hydrogens is 349 g/mol. The van der Waals surface area contributed by atoms with Crippen molar-refractivity contribution in [2.24, 2.45) is 0 Å². The van der Waals surface area contributed by atoms with Gasteiger partial charge in [-0.3, -0.25) is 0 Å². The third kappa shape index (κ3) is 3.08. The van der Waals surface area contributed by atoms with Gasteiger partial charge in [0.05, 0.1) is 14.7 Å². The topological polar surface area (TPSA) is 25.2 Å². The van der Waals surface area contributed by atoms with Gasteiger partial charge in [-0.25, -0.2) is 0 Å². The van der Waals surface area contributed by atoms with E-state index in [0.717, 1.165) is 28.8 Å². The van der Waals surface area contributed by atoms with Crippen LogP contribution in [-0.4, -0.2) is 6.54 Å². The molecule has 0 amide bonds. The van der Waals surface area contributed by atoms with E-state index in [2.05, 4.69) is 5.32 Å². The average molecular weight is 361 g/mol. The molecule has 0 aliphatic rings. The molecule has 0 fully saturated rings. The van der Waals surface area contributed by atoms with Crippen molar-refractivity contribution in [2.45, 2.75) is 13.0 Å². The lowest BCUT2D eigenvalue weighted by atomic mass is 10.1. The van der Waals surface area contributed by atoms with Gasteiger partial charge in [0, 0.05) is 16.0 Å². The smallest absolute Gasteiger partial charge is 0.134 e. The maximum Gasteiger partial charge on any atom is 0.134 e. The van der Waals surface area contributed by atoms with E-state index in [1.807, 2.05) is 37.3 Å². The van der Waals surface area contributed by atoms with Crippen LogP contribution in [0.4, 0.5) is 0 Å². The maximum absolute atomic E-state index is 6.28. The first-order chi connectivity index (χ1) is 10.1. The van der Waals surface area contributed by atoms with Crippen LogP contribution in [0.15, 0.2) is 34.7 Å². The Balaban J connectivity index is 2.08. The molecule has 3 aromatic rings. The van der Waals surface area contributed by atoms with Crippen LogP contribution in [-0.2, 0) is 0 Å². The number of hydrogen-bond donors (Lipinski definition) is 1. The Morgan fingerprint density at radius 3 is 2.67 bits per heavy atom. The molecule has 0 spiro atoms. The van der Waals surface area contributed by atoms with Crippen molar-refractivity contribution in [3.05, 3.63) is 55.4 Å². The maximum atomic E-state index is 6.28. The van der Waals surface area contributed by atoms with E-state index in [-0.39, 0.29) is 6.04 Å². The second-order valence-corrected chi connectivity index (χ2v) is 7.32. The molecule has 0 bridgehead atoms. The number of thiophene rings is 1. The fraction of sp³-hybridized carbons (Fsp3) is 0.200. The van der Waals surface area contributed by atoms with E-state index in [1.165, 1.54) is 11.3 Å². The lowest BCUT2D eigenvalue weighted by molar-refractivity contribution is 0.478. The summed E-state index contributed by atoms with van der Waals surface area (Å²) in [5.74, 6) is 0.797. The van der Waals surface area contributed by atoms with Crippen LogP contribution >= 0.6 is 46.1 Å². The zero-order valence-electron chi connectivity index (χ0n) is 11.1. The summed E-state index contributed by atoms with van der Waals surface area (Å²) in [5, 5.41) is 5.04. The van der Waals surface area contributed by atoms with E-state index >= 15 is 0 Å². The van der Waals surface area contributed by atoms with Crippen LogP contribution in [0.5, 0.6) is 0 Å². The molecule has 0 saturated heterocycles. The van der Waals surface area contributed by atoms with E-state index in [9.17, 15) is 0 Å². The van der Waals surface area contributed by atoms with Gasteiger partial charge >= 0.3 is 0 Å². The Morgan fingerprint density at radius 2 is 2.00 bits per heavy atom. The van der Waals surface area contributed by atoms with Crippen LogP contribution < -0.4 is 5.32 Å². The van der Waals surface area contributed by atoms with Gasteiger partial charge in [-0.05, 0) is 36.9 Å². The Hall–Kier alpha value is -0.710. The molecule has 2 heterocycles. The minimum Gasteiger partial charge on any atom is -0.459 e. The van der Waals surface area contributed by atoms with E-state index in [4.69, 9.17) is 39.2 Å². The highest BCUT2D eigenvalue weighted by Gasteiger charge is 2.22. The van der Waals surface area contributed by atoms with Crippen molar-refractivity contribution >= 4 is 57.1 Å². The highest BCUT2D eigenvalue weighted by atomic mass is 35.5. The highest BCUT2D eigenvalue weighted by molar-refractivity contribution is 7.20. The van der Waals surface area contributed by atoms with Crippen LogP contribution in [0.25, 0.3) is 11.0 Å². The summed E-state index contributed by atoms with van der Waals surface area (Å²) in [6.45, 7) is 2.82. The molecule has 1 atom stereocenters. The highest BCUT2D eigenvalue weighted by Crippen LogP contribution is 2.39. The monoisotopic (exact) mass is 359 g/mol. The number of fused-ring (bicyclic) bond motifs is 1. The van der Waals surface area contributed by atoms with Gasteiger partial charge in [0.2, 0.25) is 0 Å². The number of benzene rings is 1. The second kappa shape index (κ2) is 6.19. The zero-order valence-corrected chi connectivity index (χ0v) is 14.2. The number of rotatable bonds is 4. The van der Waals surface area contributed by atoms with Crippen molar-refractivity contribution in [1.29, 1.82) is 0 Å². The molecular formula is C15H12Cl3NOS. The Kier molecular flexibility index (Phi) is 4.48. The van der Waals surface area contributed by atoms with Crippen molar-refractivity contribution in [2.75, 3.05) is 6.54 Å². The van der Waals surface area contributed by atoms with Crippen molar-refractivity contribution < 1.29 is 4.42 Å². The predicted molar refractivity (Wildman–Crippen MR) is 91.1 cm³/mol. The second-order valence-electron chi connectivity index (χ2n) is 4.60. The van der Waals surface area contributed by atoms with Gasteiger partial charge < -0.3 is 9.73 Å². The van der Waals surface area contributed by atoms with Gasteiger partial charge in [0.25, 0.3) is 0 Å². The molecule has 6 heteroatoms. The third-order valence-corrected chi connectivity index (χ3v) is 4.94. The van der Waals surface area contributed by atoms with Crippen LogP contribution in [0.3, 0.4) is 0 Å². The third-order valence-electron chi connectivity index (χ3n) is 3.18. The molecule has 0 radical (unpaired) electrons. The number of halogens is 3. The summed E-state index contributed by atoms with van der Waals surface area (Å²) in [6.07, 6.45) is 0. The van der Waals surface area contributed by atoms with Crippen molar-refractivity contribution in [1.82, 2.24) is 5.32 Å². The molecule has 1 aromatic carbocycles. The zero-order chi connectivity index (χ0) is 15.0. The summed E-state index contributed by atoms with van der Waals surface area (Å²) in [5.41, 5.74) is 1.73. The Labute approximate surface area is 141 Å². The summed E-state index contributed by atoms with van der Waals surface area (Å²) < 4.78 is 7.27. The van der Waals surface area contributed by atoms with Crippen LogP contribution in [0, 0.1) is 0 Å². The molecule has 1 N–H and O–H groups in total. The summed E-state index contributed by atoms with van der Waals surface area (Å²) in [7, 11) is 0. The standard InChI is InChI=1S/C15H12Cl3NOS/c1-2-19-14(10-7-13(17)21-15(10)18)12-6-8-5-9(16)3-4-11(8)20-12/h3-7,14,19H,2H2,1H3. The van der Waals surface area contributed by atoms with Crippen molar-refractivity contribution in [3.8, 4) is 0 Å². The first-order valence-electron chi connectivity index (χ1n) is 6.45. The molecule has 0 aliphatic heterocycles. The molecule has 110 valence electrons. The SMILES string of the molecule is CCNC(c1cc2cc(Cl)ccc2o1)c1cc(Cl)sc1Cl. The largest absolute Gasteiger partial charge is 0.459 e. The Morgan fingerprint density at radius 1 is 1.19 bits per heavy atom. The average Bonchev–Trinajstić information content (AvgIpc) is 2.98. The number of nitrogens with one attached hydrogen (secondary N) is 1. The summed E-state index contributed by atoms with van der Waals surface area (Å²) in [4.78, 5) is 0. The fourth-order valence-corrected chi connectivity index (χ4v) is 4.01. The molecule has 2 nitrogen and oxygen atoms in total. The van der Waals surface area contributed by atoms with Crippen molar-refractivity contribution in [3.63, 3.8) is 0 Å². The first kappa shape index (κ1) is 15.2. The lowest BCUT2D eigenvalue weighted by Gasteiger charge is -2.14. The van der Waals surface area contributed by atoms with Crippen LogP contribution in [0.1, 0.15) is 24.3 Å². The normalized spacial score (nSPS) is 13.0. The molecule has 0 saturated carbocycles. The van der Waals surface area contributed by atoms with Gasteiger partial charge in [-0.2, -0.15) is 0 Å². The summed E-state index contributed by atoms with van der Waals surface area (Å²) >= 11 is 19.7. The van der Waals surface area contributed by atoms with E-state index in [1.54, 1.807) is 0 Å². The molecule has 21 heavy (non-hydrogen) atoms. The lowest BCUT2D eigenvalue weighted by Crippen LogP contribution is -2.21. The molecule has 2 aromatic heterocycles. The Bertz CT molecular complexity index is 780.